The molecule has 7 heteroatoms. The van der Waals surface area contributed by atoms with E-state index in [1.165, 1.54) is 11.3 Å². The van der Waals surface area contributed by atoms with E-state index in [1.54, 1.807) is 5.38 Å². The topological polar surface area (TPSA) is 77.2 Å². The molecule has 5 nitrogen and oxygen atoms in total. The second-order valence-electron chi connectivity index (χ2n) is 5.20. The zero-order chi connectivity index (χ0) is 16.5. The van der Waals surface area contributed by atoms with Gasteiger partial charge in [-0.15, -0.1) is 23.7 Å². The first-order chi connectivity index (χ1) is 11.2. The fraction of sp³-hybridized carbons (Fsp3) is 0.412. The molecular weight excluding hydrogens is 346 g/mol. The molecule has 0 bridgehead atoms. The molecule has 1 heterocycles. The van der Waals surface area contributed by atoms with Gasteiger partial charge < -0.3 is 15.8 Å². The van der Waals surface area contributed by atoms with E-state index in [4.69, 9.17) is 10.5 Å². The fourth-order valence-electron chi connectivity index (χ4n) is 2.10. The van der Waals surface area contributed by atoms with Gasteiger partial charge >= 0.3 is 0 Å². The van der Waals surface area contributed by atoms with Crippen molar-refractivity contribution in [1.82, 2.24) is 10.3 Å². The lowest BCUT2D eigenvalue weighted by Crippen LogP contribution is -2.25. The third kappa shape index (κ3) is 6.57. The number of halogens is 1. The van der Waals surface area contributed by atoms with E-state index in [0.717, 1.165) is 17.0 Å². The molecule has 1 aromatic heterocycles. The lowest BCUT2D eigenvalue weighted by atomic mass is 10.1. The summed E-state index contributed by atoms with van der Waals surface area (Å²) in [6, 6.07) is 10.1. The highest BCUT2D eigenvalue weighted by Gasteiger charge is 2.10. The molecule has 0 saturated carbocycles. The van der Waals surface area contributed by atoms with Crippen molar-refractivity contribution in [3.63, 3.8) is 0 Å². The molecule has 1 aromatic carbocycles. The van der Waals surface area contributed by atoms with E-state index in [-0.39, 0.29) is 24.4 Å². The number of rotatable bonds is 9. The van der Waals surface area contributed by atoms with Crippen molar-refractivity contribution >= 4 is 29.7 Å². The lowest BCUT2D eigenvalue weighted by Gasteiger charge is -2.13. The van der Waals surface area contributed by atoms with Crippen LogP contribution >= 0.6 is 23.7 Å². The number of thiazole rings is 1. The van der Waals surface area contributed by atoms with Crippen LogP contribution < -0.4 is 11.1 Å². The average Bonchev–Trinajstić information content (AvgIpc) is 3.04. The first-order valence-electron chi connectivity index (χ1n) is 7.80. The van der Waals surface area contributed by atoms with Gasteiger partial charge in [-0.1, -0.05) is 30.3 Å². The minimum Gasteiger partial charge on any atom is -0.374 e. The van der Waals surface area contributed by atoms with Crippen LogP contribution in [0.4, 0.5) is 0 Å². The zero-order valence-corrected chi connectivity index (χ0v) is 15.4. The van der Waals surface area contributed by atoms with Crippen molar-refractivity contribution in [3.05, 3.63) is 52.0 Å². The van der Waals surface area contributed by atoms with E-state index in [2.05, 4.69) is 10.3 Å². The van der Waals surface area contributed by atoms with E-state index in [0.29, 0.717) is 31.8 Å². The van der Waals surface area contributed by atoms with E-state index in [1.807, 2.05) is 37.3 Å². The van der Waals surface area contributed by atoms with Crippen LogP contribution in [0.15, 0.2) is 35.7 Å². The van der Waals surface area contributed by atoms with Gasteiger partial charge in [0.05, 0.1) is 11.1 Å². The summed E-state index contributed by atoms with van der Waals surface area (Å²) in [5.74, 6) is -0.138. The highest BCUT2D eigenvalue weighted by atomic mass is 35.5. The number of benzene rings is 1. The van der Waals surface area contributed by atoms with Crippen molar-refractivity contribution in [2.75, 3.05) is 19.7 Å². The largest absolute Gasteiger partial charge is 0.374 e. The van der Waals surface area contributed by atoms with Gasteiger partial charge in [0.15, 0.2) is 0 Å². The minimum atomic E-state index is -0.138. The van der Waals surface area contributed by atoms with Gasteiger partial charge in [-0.05, 0) is 25.5 Å². The standard InChI is InChI=1S/C17H23N3O2S.ClH/c1-13(14-6-3-2-4-7-14)22-11-5-10-19-17(21)15-12-23-16(20-15)8-9-18;/h2-4,6-7,12-13H,5,8-11,18H2,1H3,(H,19,21);1H. The average molecular weight is 370 g/mol. The lowest BCUT2D eigenvalue weighted by molar-refractivity contribution is 0.0634. The number of carbonyl (C=O) groups excluding carboxylic acids is 1. The summed E-state index contributed by atoms with van der Waals surface area (Å²) in [5.41, 5.74) is 7.11. The maximum absolute atomic E-state index is 11.9. The van der Waals surface area contributed by atoms with Crippen LogP contribution in [-0.4, -0.2) is 30.6 Å². The van der Waals surface area contributed by atoms with Gasteiger partial charge in [0.25, 0.3) is 5.91 Å². The van der Waals surface area contributed by atoms with Crippen LogP contribution in [0.1, 0.15) is 40.5 Å². The Balaban J connectivity index is 0.00000288. The summed E-state index contributed by atoms with van der Waals surface area (Å²) in [7, 11) is 0. The number of ether oxygens (including phenoxy) is 1. The molecule has 0 radical (unpaired) electrons. The summed E-state index contributed by atoms with van der Waals surface area (Å²) < 4.78 is 5.77. The van der Waals surface area contributed by atoms with Crippen molar-refractivity contribution in [2.45, 2.75) is 25.9 Å². The first kappa shape index (κ1) is 20.6. The molecular formula is C17H24ClN3O2S. The number of nitrogens with two attached hydrogens (primary N) is 1. The highest BCUT2D eigenvalue weighted by molar-refractivity contribution is 7.09. The molecule has 1 amide bonds. The smallest absolute Gasteiger partial charge is 0.270 e. The Labute approximate surface area is 153 Å². The predicted molar refractivity (Wildman–Crippen MR) is 99.9 cm³/mol. The zero-order valence-electron chi connectivity index (χ0n) is 13.7. The predicted octanol–water partition coefficient (Wildman–Crippen LogP) is 2.96. The summed E-state index contributed by atoms with van der Waals surface area (Å²) in [6.07, 6.45) is 1.54. The number of nitrogens with zero attached hydrogens (tertiary/aromatic N) is 1. The summed E-state index contributed by atoms with van der Waals surface area (Å²) >= 11 is 1.47. The molecule has 2 rings (SSSR count). The quantitative estimate of drug-likeness (QED) is 0.666. The van der Waals surface area contributed by atoms with E-state index in [9.17, 15) is 4.79 Å². The Morgan fingerprint density at radius 1 is 1.38 bits per heavy atom. The van der Waals surface area contributed by atoms with E-state index < -0.39 is 0 Å². The molecule has 3 N–H and O–H groups in total. The van der Waals surface area contributed by atoms with Crippen LogP contribution in [0.25, 0.3) is 0 Å². The molecule has 2 aromatic rings. The molecule has 132 valence electrons. The van der Waals surface area contributed by atoms with Crippen LogP contribution in [0.5, 0.6) is 0 Å². The minimum absolute atomic E-state index is 0. The number of hydrogen-bond acceptors (Lipinski definition) is 5. The molecule has 0 aliphatic heterocycles. The van der Waals surface area contributed by atoms with Crippen molar-refractivity contribution < 1.29 is 9.53 Å². The van der Waals surface area contributed by atoms with Gasteiger partial charge in [0, 0.05) is 25.0 Å². The Morgan fingerprint density at radius 3 is 2.83 bits per heavy atom. The number of hydrogen-bond donors (Lipinski definition) is 2. The second-order valence-corrected chi connectivity index (χ2v) is 6.14. The maximum Gasteiger partial charge on any atom is 0.270 e. The first-order valence-corrected chi connectivity index (χ1v) is 8.68. The SMILES string of the molecule is CC(OCCCNC(=O)c1csc(CCN)n1)c1ccccc1.Cl. The van der Waals surface area contributed by atoms with Gasteiger partial charge in [-0.2, -0.15) is 0 Å². The number of carbonyl (C=O) groups is 1. The van der Waals surface area contributed by atoms with Gasteiger partial charge in [0.1, 0.15) is 5.69 Å². The molecule has 1 atom stereocenters. The molecule has 24 heavy (non-hydrogen) atoms. The second kappa shape index (κ2) is 11.1. The summed E-state index contributed by atoms with van der Waals surface area (Å²) in [6.45, 7) is 3.75. The Morgan fingerprint density at radius 2 is 2.12 bits per heavy atom. The Hall–Kier alpha value is -1.47. The molecule has 0 fully saturated rings. The number of aromatic nitrogens is 1. The summed E-state index contributed by atoms with van der Waals surface area (Å²) in [4.78, 5) is 16.2. The van der Waals surface area contributed by atoms with Crippen molar-refractivity contribution in [3.8, 4) is 0 Å². The molecule has 0 aliphatic carbocycles. The van der Waals surface area contributed by atoms with Gasteiger partial charge in [-0.3, -0.25) is 4.79 Å². The molecule has 0 saturated heterocycles. The number of nitrogens with one attached hydrogen (secondary N) is 1. The maximum atomic E-state index is 11.9. The van der Waals surface area contributed by atoms with Crippen LogP contribution in [0, 0.1) is 0 Å². The molecule has 1 unspecified atom stereocenters. The monoisotopic (exact) mass is 369 g/mol. The van der Waals surface area contributed by atoms with Gasteiger partial charge in [0.2, 0.25) is 0 Å². The fourth-order valence-corrected chi connectivity index (χ4v) is 2.89. The molecule has 0 aliphatic rings. The Bertz CT molecular complexity index is 607. The van der Waals surface area contributed by atoms with Crippen molar-refractivity contribution in [1.29, 1.82) is 0 Å². The third-order valence-corrected chi connectivity index (χ3v) is 4.29. The number of amides is 1. The third-order valence-electron chi connectivity index (χ3n) is 3.39. The highest BCUT2D eigenvalue weighted by Crippen LogP contribution is 2.15. The van der Waals surface area contributed by atoms with Crippen LogP contribution in [0.2, 0.25) is 0 Å². The normalized spacial score (nSPS) is 11.6. The summed E-state index contributed by atoms with van der Waals surface area (Å²) in [5, 5.41) is 5.53. The van der Waals surface area contributed by atoms with Gasteiger partial charge in [-0.25, -0.2) is 4.98 Å². The van der Waals surface area contributed by atoms with E-state index >= 15 is 0 Å². The Kier molecular flexibility index (Phi) is 9.56. The van der Waals surface area contributed by atoms with Crippen LogP contribution in [-0.2, 0) is 11.2 Å². The molecule has 0 spiro atoms. The van der Waals surface area contributed by atoms with Crippen molar-refractivity contribution in [2.24, 2.45) is 5.73 Å². The van der Waals surface area contributed by atoms with Crippen LogP contribution in [0.3, 0.4) is 0 Å².